The molecule has 2 aliphatic heterocycles. The molecule has 5 nitrogen and oxygen atoms in total. The van der Waals surface area contributed by atoms with Crippen molar-refractivity contribution >= 4 is 5.96 Å². The molecule has 2 unspecified atom stereocenters. The molecule has 2 heterocycles. The molecule has 27 heavy (non-hydrogen) atoms. The maximum Gasteiger partial charge on any atom is 0.401 e. The van der Waals surface area contributed by atoms with Gasteiger partial charge in [-0.3, -0.25) is 9.89 Å². The summed E-state index contributed by atoms with van der Waals surface area (Å²) in [5.74, 6) is 0.725. The minimum absolute atomic E-state index is 0.0272. The minimum Gasteiger partial charge on any atom is -0.357 e. The number of nitrogens with zero attached hydrogens (tertiary/aromatic N) is 3. The van der Waals surface area contributed by atoms with Crippen LogP contribution in [0.15, 0.2) is 4.99 Å². The second-order valence-corrected chi connectivity index (χ2v) is 7.83. The first-order valence-electron chi connectivity index (χ1n) is 10.5. The highest BCUT2D eigenvalue weighted by Gasteiger charge is 2.34. The first-order chi connectivity index (χ1) is 12.9. The molecular formula is C19H36F3N5. The normalized spacial score (nSPS) is 25.7. The number of nitrogens with one attached hydrogen (secondary N) is 2. The maximum absolute atomic E-state index is 12.5. The van der Waals surface area contributed by atoms with Crippen LogP contribution in [-0.4, -0.2) is 79.8 Å². The smallest absolute Gasteiger partial charge is 0.357 e. The quantitative estimate of drug-likeness (QED) is 0.379. The van der Waals surface area contributed by atoms with Gasteiger partial charge in [0.2, 0.25) is 0 Å². The van der Waals surface area contributed by atoms with Crippen molar-refractivity contribution in [2.75, 3.05) is 45.8 Å². The number of unbranched alkanes of at least 4 members (excludes halogenated alkanes) is 1. The fourth-order valence-corrected chi connectivity index (χ4v) is 3.97. The van der Waals surface area contributed by atoms with E-state index < -0.39 is 12.7 Å². The van der Waals surface area contributed by atoms with Gasteiger partial charge in [-0.2, -0.15) is 13.2 Å². The molecule has 0 bridgehead atoms. The van der Waals surface area contributed by atoms with Crippen LogP contribution in [0.1, 0.15) is 52.4 Å². The molecule has 8 heteroatoms. The molecule has 2 fully saturated rings. The molecule has 0 aliphatic carbocycles. The fraction of sp³-hybridized carbons (Fsp3) is 0.947. The monoisotopic (exact) mass is 391 g/mol. The van der Waals surface area contributed by atoms with Crippen molar-refractivity contribution in [2.45, 2.75) is 70.6 Å². The summed E-state index contributed by atoms with van der Waals surface area (Å²) in [7, 11) is 0. The van der Waals surface area contributed by atoms with Gasteiger partial charge in [0.25, 0.3) is 0 Å². The van der Waals surface area contributed by atoms with Gasteiger partial charge in [0.05, 0.1) is 6.54 Å². The molecule has 0 saturated carbocycles. The van der Waals surface area contributed by atoms with Crippen LogP contribution in [0.3, 0.4) is 0 Å². The highest BCUT2D eigenvalue weighted by atomic mass is 19.4. The SMILES string of the molecule is CCNC(=NCCCCN1CCCCC1C)NC1CCN(CC(F)(F)F)C1. The molecule has 0 aromatic rings. The van der Waals surface area contributed by atoms with Crippen LogP contribution in [-0.2, 0) is 0 Å². The second-order valence-electron chi connectivity index (χ2n) is 7.83. The molecular weight excluding hydrogens is 355 g/mol. The summed E-state index contributed by atoms with van der Waals surface area (Å²) in [5, 5.41) is 6.51. The van der Waals surface area contributed by atoms with Gasteiger partial charge in [-0.25, -0.2) is 0 Å². The van der Waals surface area contributed by atoms with E-state index in [-0.39, 0.29) is 6.04 Å². The summed E-state index contributed by atoms with van der Waals surface area (Å²) in [5.41, 5.74) is 0. The highest BCUT2D eigenvalue weighted by molar-refractivity contribution is 5.80. The average molecular weight is 392 g/mol. The number of alkyl halides is 3. The van der Waals surface area contributed by atoms with E-state index in [2.05, 4.69) is 27.4 Å². The molecule has 2 atom stereocenters. The lowest BCUT2D eigenvalue weighted by Gasteiger charge is -2.33. The predicted octanol–water partition coefficient (Wildman–Crippen LogP) is 2.83. The molecule has 2 saturated heterocycles. The molecule has 158 valence electrons. The zero-order valence-corrected chi connectivity index (χ0v) is 16.8. The van der Waals surface area contributed by atoms with Gasteiger partial charge in [0.15, 0.2) is 5.96 Å². The van der Waals surface area contributed by atoms with Crippen molar-refractivity contribution in [1.82, 2.24) is 20.4 Å². The number of hydrogen-bond acceptors (Lipinski definition) is 3. The minimum atomic E-state index is -4.13. The second kappa shape index (κ2) is 11.1. The van der Waals surface area contributed by atoms with Crippen LogP contribution in [0, 0.1) is 0 Å². The molecule has 0 amide bonds. The third kappa shape index (κ3) is 8.68. The van der Waals surface area contributed by atoms with Crippen molar-refractivity contribution in [1.29, 1.82) is 0 Å². The Balaban J connectivity index is 1.68. The first kappa shape index (κ1) is 22.3. The van der Waals surface area contributed by atoms with Crippen LogP contribution >= 0.6 is 0 Å². The number of aliphatic imine (C=N–C) groups is 1. The Hall–Kier alpha value is -1.02. The van der Waals surface area contributed by atoms with Gasteiger partial charge in [-0.05, 0) is 59.0 Å². The van der Waals surface area contributed by atoms with Gasteiger partial charge < -0.3 is 15.5 Å². The van der Waals surface area contributed by atoms with E-state index in [1.165, 1.54) is 30.7 Å². The summed E-state index contributed by atoms with van der Waals surface area (Å²) < 4.78 is 37.5. The van der Waals surface area contributed by atoms with E-state index in [9.17, 15) is 13.2 Å². The number of piperidine rings is 1. The third-order valence-electron chi connectivity index (χ3n) is 5.42. The Bertz CT molecular complexity index is 455. The lowest BCUT2D eigenvalue weighted by Crippen LogP contribution is -2.45. The number of hydrogen-bond donors (Lipinski definition) is 2. The van der Waals surface area contributed by atoms with Crippen molar-refractivity contribution < 1.29 is 13.2 Å². The van der Waals surface area contributed by atoms with Crippen molar-refractivity contribution in [3.05, 3.63) is 0 Å². The Kier molecular flexibility index (Phi) is 9.15. The predicted molar refractivity (Wildman–Crippen MR) is 104 cm³/mol. The molecule has 0 aromatic heterocycles. The molecule has 0 aromatic carbocycles. The summed E-state index contributed by atoms with van der Waals surface area (Å²) in [6.07, 6.45) is 2.72. The number of guanidine groups is 1. The lowest BCUT2D eigenvalue weighted by molar-refractivity contribution is -0.143. The first-order valence-corrected chi connectivity index (χ1v) is 10.5. The lowest BCUT2D eigenvalue weighted by atomic mass is 10.0. The Morgan fingerprint density at radius 3 is 2.67 bits per heavy atom. The van der Waals surface area contributed by atoms with E-state index in [4.69, 9.17) is 0 Å². The highest BCUT2D eigenvalue weighted by Crippen LogP contribution is 2.20. The fourth-order valence-electron chi connectivity index (χ4n) is 3.97. The maximum atomic E-state index is 12.5. The number of likely N-dealkylation sites (tertiary alicyclic amines) is 2. The topological polar surface area (TPSA) is 42.9 Å². The Morgan fingerprint density at radius 1 is 1.15 bits per heavy atom. The van der Waals surface area contributed by atoms with Crippen molar-refractivity contribution in [3.8, 4) is 0 Å². The van der Waals surface area contributed by atoms with Gasteiger partial charge in [-0.1, -0.05) is 6.42 Å². The summed E-state index contributed by atoms with van der Waals surface area (Å²) in [6, 6.07) is 0.725. The van der Waals surface area contributed by atoms with Crippen LogP contribution < -0.4 is 10.6 Å². The Morgan fingerprint density at radius 2 is 1.96 bits per heavy atom. The molecule has 2 aliphatic rings. The Labute approximate surface area is 161 Å². The van der Waals surface area contributed by atoms with Crippen LogP contribution in [0.25, 0.3) is 0 Å². The van der Waals surface area contributed by atoms with Gasteiger partial charge in [-0.15, -0.1) is 0 Å². The van der Waals surface area contributed by atoms with Crippen LogP contribution in [0.2, 0.25) is 0 Å². The van der Waals surface area contributed by atoms with E-state index in [0.717, 1.165) is 38.4 Å². The van der Waals surface area contributed by atoms with E-state index in [1.807, 2.05) is 6.92 Å². The van der Waals surface area contributed by atoms with E-state index >= 15 is 0 Å². The third-order valence-corrected chi connectivity index (χ3v) is 5.42. The summed E-state index contributed by atoms with van der Waals surface area (Å²) in [4.78, 5) is 8.65. The van der Waals surface area contributed by atoms with Crippen molar-refractivity contribution in [3.63, 3.8) is 0 Å². The largest absolute Gasteiger partial charge is 0.401 e. The zero-order chi connectivity index (χ0) is 19.7. The molecule has 0 radical (unpaired) electrons. The standard InChI is InChI=1S/C19H36F3N5/c1-3-23-18(25-17-9-13-26(14-17)15-19(20,21)22)24-10-5-7-12-27-11-6-4-8-16(27)2/h16-17H,3-15H2,1-2H3,(H2,23,24,25). The zero-order valence-electron chi connectivity index (χ0n) is 16.8. The molecule has 2 rings (SSSR count). The number of halogens is 3. The van der Waals surface area contributed by atoms with Gasteiger partial charge >= 0.3 is 6.18 Å². The number of rotatable bonds is 8. The summed E-state index contributed by atoms with van der Waals surface area (Å²) >= 11 is 0. The van der Waals surface area contributed by atoms with Gasteiger partial charge in [0.1, 0.15) is 0 Å². The van der Waals surface area contributed by atoms with Crippen molar-refractivity contribution in [2.24, 2.45) is 4.99 Å². The molecule has 2 N–H and O–H groups in total. The van der Waals surface area contributed by atoms with E-state index in [0.29, 0.717) is 25.6 Å². The average Bonchev–Trinajstić information content (AvgIpc) is 3.01. The summed E-state index contributed by atoms with van der Waals surface area (Å²) in [6.45, 7) is 8.22. The van der Waals surface area contributed by atoms with Crippen LogP contribution in [0.4, 0.5) is 13.2 Å². The van der Waals surface area contributed by atoms with Crippen LogP contribution in [0.5, 0.6) is 0 Å². The van der Waals surface area contributed by atoms with Gasteiger partial charge in [0, 0.05) is 38.3 Å². The van der Waals surface area contributed by atoms with E-state index in [1.54, 1.807) is 0 Å². The molecule has 0 spiro atoms.